The number of unbranched alkanes of at least 4 members (excludes halogenated alkanes) is 1. The molecular formula is C34H50N8. The van der Waals surface area contributed by atoms with E-state index in [1.54, 1.807) is 6.20 Å². The number of piperidine rings is 1. The molecule has 1 aromatic heterocycles. The van der Waals surface area contributed by atoms with Crippen LogP contribution in [0.25, 0.3) is 0 Å². The van der Waals surface area contributed by atoms with Crippen LogP contribution in [-0.4, -0.2) is 75.0 Å². The van der Waals surface area contributed by atoms with E-state index in [-0.39, 0.29) is 0 Å². The number of aromatic nitrogens is 1. The van der Waals surface area contributed by atoms with Crippen molar-refractivity contribution in [2.45, 2.75) is 59.3 Å². The number of amidine groups is 1. The van der Waals surface area contributed by atoms with Crippen LogP contribution in [0.15, 0.2) is 75.2 Å². The number of piperazine rings is 1. The van der Waals surface area contributed by atoms with Gasteiger partial charge in [-0.25, -0.2) is 4.99 Å². The van der Waals surface area contributed by atoms with Crippen LogP contribution < -0.4 is 16.0 Å². The number of aryl methyl sites for hydroxylation is 2. The molecule has 0 atom stereocenters. The summed E-state index contributed by atoms with van der Waals surface area (Å²) in [4.78, 5) is 20.5. The highest BCUT2D eigenvalue weighted by atomic mass is 15.2. The third-order valence-electron chi connectivity index (χ3n) is 7.39. The van der Waals surface area contributed by atoms with Gasteiger partial charge in [0.25, 0.3) is 0 Å². The Bertz CT molecular complexity index is 1210. The van der Waals surface area contributed by atoms with Gasteiger partial charge in [0.05, 0.1) is 18.4 Å². The largest absolute Gasteiger partial charge is 0.354 e. The average Bonchev–Trinajstić information content (AvgIpc) is 3.04. The Hall–Kier alpha value is -3.62. The van der Waals surface area contributed by atoms with Crippen LogP contribution in [0.5, 0.6) is 0 Å². The van der Waals surface area contributed by atoms with E-state index >= 15 is 0 Å². The first kappa shape index (κ1) is 32.9. The summed E-state index contributed by atoms with van der Waals surface area (Å²) < 4.78 is 0. The van der Waals surface area contributed by atoms with E-state index in [1.165, 1.54) is 43.5 Å². The van der Waals surface area contributed by atoms with Gasteiger partial charge in [0.15, 0.2) is 0 Å². The zero-order valence-electron chi connectivity index (χ0n) is 26.0. The van der Waals surface area contributed by atoms with Gasteiger partial charge in [-0.2, -0.15) is 0 Å². The second kappa shape index (κ2) is 18.7. The fraction of sp³-hybridized carbons (Fsp3) is 0.471. The number of benzene rings is 1. The lowest BCUT2D eigenvalue weighted by atomic mass is 10.0. The first-order valence-electron chi connectivity index (χ1n) is 15.4. The van der Waals surface area contributed by atoms with Crippen molar-refractivity contribution in [3.63, 3.8) is 0 Å². The summed E-state index contributed by atoms with van der Waals surface area (Å²) in [6.45, 7) is 20.5. The van der Waals surface area contributed by atoms with E-state index in [0.29, 0.717) is 12.4 Å². The topological polar surface area (TPSA) is 89.3 Å². The number of pyridine rings is 1. The van der Waals surface area contributed by atoms with Gasteiger partial charge in [-0.15, -0.1) is 0 Å². The minimum absolute atomic E-state index is 0.510. The normalized spacial score (nSPS) is 16.4. The quantitative estimate of drug-likeness (QED) is 0.173. The molecule has 4 rings (SSSR count). The first-order chi connectivity index (χ1) is 20.6. The molecule has 0 spiro atoms. The van der Waals surface area contributed by atoms with Gasteiger partial charge in [-0.05, 0) is 101 Å². The molecular weight excluding hydrogens is 520 g/mol. The number of nitrogens with zero attached hydrogens (tertiary/aromatic N) is 5. The van der Waals surface area contributed by atoms with Crippen molar-refractivity contribution >= 4 is 30.6 Å². The highest BCUT2D eigenvalue weighted by Gasteiger charge is 2.22. The minimum Gasteiger partial charge on any atom is -0.354 e. The van der Waals surface area contributed by atoms with Crippen molar-refractivity contribution in [3.8, 4) is 0 Å². The van der Waals surface area contributed by atoms with Crippen LogP contribution in [0, 0.1) is 6.92 Å². The van der Waals surface area contributed by atoms with Crippen molar-refractivity contribution < 1.29 is 0 Å². The number of anilines is 1. The fourth-order valence-corrected chi connectivity index (χ4v) is 5.00. The summed E-state index contributed by atoms with van der Waals surface area (Å²) in [5, 5.41) is 10.1. The molecule has 0 unspecified atom stereocenters. The van der Waals surface area contributed by atoms with Crippen molar-refractivity contribution in [1.82, 2.24) is 20.5 Å². The SMILES string of the molecule is C1CCNCC1.C=N/C(=C\C(=C/C)CN=C(c1c(CCCC)cncc1N=C)N1CCNCC1)Nc1cccc(C)c1. The van der Waals surface area contributed by atoms with E-state index in [2.05, 4.69) is 81.3 Å². The van der Waals surface area contributed by atoms with Gasteiger partial charge >= 0.3 is 0 Å². The second-order valence-electron chi connectivity index (χ2n) is 10.7. The van der Waals surface area contributed by atoms with E-state index in [4.69, 9.17) is 4.99 Å². The van der Waals surface area contributed by atoms with Crippen LogP contribution in [-0.2, 0) is 6.42 Å². The Morgan fingerprint density at radius 3 is 2.43 bits per heavy atom. The number of nitrogens with one attached hydrogen (secondary N) is 3. The second-order valence-corrected chi connectivity index (χ2v) is 10.7. The maximum atomic E-state index is 5.17. The zero-order chi connectivity index (χ0) is 30.0. The maximum absolute atomic E-state index is 5.17. The van der Waals surface area contributed by atoms with Crippen molar-refractivity contribution in [3.05, 3.63) is 76.9 Å². The summed E-state index contributed by atoms with van der Waals surface area (Å²) in [5.41, 5.74) is 6.22. The molecule has 2 aliphatic heterocycles. The van der Waals surface area contributed by atoms with Gasteiger partial charge in [-0.3, -0.25) is 15.0 Å². The summed E-state index contributed by atoms with van der Waals surface area (Å²) in [7, 11) is 0. The van der Waals surface area contributed by atoms with Crippen LogP contribution in [0.3, 0.4) is 0 Å². The Morgan fingerprint density at radius 1 is 1.07 bits per heavy atom. The third-order valence-corrected chi connectivity index (χ3v) is 7.39. The van der Waals surface area contributed by atoms with Crippen LogP contribution in [0.4, 0.5) is 11.4 Å². The molecule has 1 aromatic carbocycles. The summed E-state index contributed by atoms with van der Waals surface area (Å²) in [6.07, 6.45) is 15.2. The highest BCUT2D eigenvalue weighted by Crippen LogP contribution is 2.26. The lowest BCUT2D eigenvalue weighted by Gasteiger charge is -2.32. The number of aliphatic imine (C=N–C) groups is 3. The molecule has 8 heteroatoms. The van der Waals surface area contributed by atoms with E-state index < -0.39 is 0 Å². The standard InChI is InChI=1S/C29H39N7.C5H11N/c1-6-8-11-24-20-33-21-26(30-4)28(24)29(36-15-13-32-14-16-36)34-19-23(7-2)18-27(31-5)35-25-12-9-10-22(3)17-25;1-2-4-6-5-3-1/h7,9-10,12,17-18,20-21,32,35H,4-6,8,11,13-16,19H2,1-3H3;6H,1-5H2/b23-7+,27-18+,34-29?;. The van der Waals surface area contributed by atoms with Crippen LogP contribution >= 0.6 is 0 Å². The molecule has 3 heterocycles. The third kappa shape index (κ3) is 10.7. The lowest BCUT2D eigenvalue weighted by molar-refractivity contribution is 0.357. The van der Waals surface area contributed by atoms with Gasteiger partial charge in [0, 0.05) is 43.6 Å². The molecule has 0 bridgehead atoms. The summed E-state index contributed by atoms with van der Waals surface area (Å²) in [6, 6.07) is 8.20. The highest BCUT2D eigenvalue weighted by molar-refractivity contribution is 6.04. The van der Waals surface area contributed by atoms with Crippen molar-refractivity contribution in [1.29, 1.82) is 0 Å². The summed E-state index contributed by atoms with van der Waals surface area (Å²) in [5.74, 6) is 1.65. The molecule has 2 saturated heterocycles. The molecule has 2 aliphatic rings. The van der Waals surface area contributed by atoms with Gasteiger partial charge in [0.2, 0.25) is 0 Å². The van der Waals surface area contributed by atoms with E-state index in [9.17, 15) is 0 Å². The number of hydrogen-bond donors (Lipinski definition) is 3. The smallest absolute Gasteiger partial charge is 0.133 e. The molecule has 226 valence electrons. The predicted molar refractivity (Wildman–Crippen MR) is 181 cm³/mol. The fourth-order valence-electron chi connectivity index (χ4n) is 5.00. The molecule has 3 N–H and O–H groups in total. The Morgan fingerprint density at radius 2 is 1.83 bits per heavy atom. The molecule has 2 fully saturated rings. The predicted octanol–water partition coefficient (Wildman–Crippen LogP) is 6.08. The van der Waals surface area contributed by atoms with Gasteiger partial charge in [-0.1, -0.05) is 38.0 Å². The first-order valence-corrected chi connectivity index (χ1v) is 15.4. The monoisotopic (exact) mass is 570 g/mol. The Labute approximate surface area is 253 Å². The Balaban J connectivity index is 0.000000715. The number of allylic oxidation sites excluding steroid dienone is 1. The van der Waals surface area contributed by atoms with E-state index in [1.807, 2.05) is 31.3 Å². The molecule has 8 nitrogen and oxygen atoms in total. The molecule has 42 heavy (non-hydrogen) atoms. The number of hydrogen-bond acceptors (Lipinski definition) is 7. The summed E-state index contributed by atoms with van der Waals surface area (Å²) >= 11 is 0. The maximum Gasteiger partial charge on any atom is 0.133 e. The molecule has 2 aromatic rings. The van der Waals surface area contributed by atoms with Crippen molar-refractivity contribution in [2.75, 3.05) is 51.1 Å². The van der Waals surface area contributed by atoms with Crippen molar-refractivity contribution in [2.24, 2.45) is 15.0 Å². The Kier molecular flexibility index (Phi) is 14.7. The van der Waals surface area contributed by atoms with Crippen LogP contribution in [0.2, 0.25) is 0 Å². The molecule has 0 saturated carbocycles. The van der Waals surface area contributed by atoms with Crippen LogP contribution in [0.1, 0.15) is 62.6 Å². The van der Waals surface area contributed by atoms with Gasteiger partial charge in [0.1, 0.15) is 11.7 Å². The van der Waals surface area contributed by atoms with E-state index in [0.717, 1.165) is 73.8 Å². The molecule has 0 aliphatic carbocycles. The zero-order valence-corrected chi connectivity index (χ0v) is 26.0. The molecule has 0 radical (unpaired) electrons. The number of rotatable bonds is 11. The molecule has 0 amide bonds. The minimum atomic E-state index is 0.510. The lowest BCUT2D eigenvalue weighted by Crippen LogP contribution is -2.47. The average molecular weight is 571 g/mol. The van der Waals surface area contributed by atoms with Gasteiger partial charge < -0.3 is 20.9 Å².